The van der Waals surface area contributed by atoms with Gasteiger partial charge in [0.25, 0.3) is 0 Å². The van der Waals surface area contributed by atoms with E-state index in [-0.39, 0.29) is 43.5 Å². The minimum absolute atomic E-state index is 0.0532. The lowest BCUT2D eigenvalue weighted by atomic mass is 9.97. The van der Waals surface area contributed by atoms with Crippen LogP contribution >= 0.6 is 0 Å². The van der Waals surface area contributed by atoms with E-state index < -0.39 is 36.7 Å². The Morgan fingerprint density at radius 1 is 0.491 bits per heavy atom. The number of ether oxygens (including phenoxy) is 7. The molecule has 0 saturated carbocycles. The number of hydrogen-bond acceptors (Lipinski definition) is 8. The van der Waals surface area contributed by atoms with Crippen molar-refractivity contribution in [3.05, 3.63) is 203 Å². The van der Waals surface area contributed by atoms with Crippen molar-refractivity contribution in [2.75, 3.05) is 6.61 Å². The topological polar surface area (TPSA) is 102 Å². The molecule has 0 aromatic heterocycles. The fraction of sp³-hybridized carbons (Fsp3) is 0.229. The Balaban J connectivity index is 1.24. The molecule has 1 heterocycles. The van der Waals surface area contributed by atoms with Crippen LogP contribution in [0.5, 0.6) is 11.5 Å². The van der Waals surface area contributed by atoms with Gasteiger partial charge in [0.1, 0.15) is 31.0 Å². The zero-order chi connectivity index (χ0) is 39.1. The second kappa shape index (κ2) is 20.4. The van der Waals surface area contributed by atoms with Crippen molar-refractivity contribution in [2.45, 2.75) is 63.7 Å². The van der Waals surface area contributed by atoms with Crippen molar-refractivity contribution in [3.8, 4) is 11.5 Å². The van der Waals surface area contributed by atoms with E-state index >= 15 is 0 Å². The first-order valence-electron chi connectivity index (χ1n) is 19.0. The summed E-state index contributed by atoms with van der Waals surface area (Å²) in [4.78, 5) is 12.1. The van der Waals surface area contributed by atoms with Gasteiger partial charge in [0.15, 0.2) is 11.5 Å². The number of hydrogen-bond donors (Lipinski definition) is 1. The predicted octanol–water partition coefficient (Wildman–Crippen LogP) is 9.04. The lowest BCUT2D eigenvalue weighted by Gasteiger charge is -2.45. The summed E-state index contributed by atoms with van der Waals surface area (Å²) in [5.74, 6) is -0.568. The van der Waals surface area contributed by atoms with Crippen LogP contribution in [0.4, 0.5) is 0 Å². The molecule has 6 aromatic carbocycles. The zero-order valence-corrected chi connectivity index (χ0v) is 31.5. The average Bonchev–Trinajstić information content (AvgIpc) is 3.26. The third-order valence-corrected chi connectivity index (χ3v) is 9.51. The number of carboxylic acids is 1. The van der Waals surface area contributed by atoms with Gasteiger partial charge in [0.2, 0.25) is 6.29 Å². The highest BCUT2D eigenvalue weighted by atomic mass is 16.7. The van der Waals surface area contributed by atoms with Crippen LogP contribution in [0, 0.1) is 0 Å². The monoisotopic (exact) mass is 767 g/mol. The third-order valence-electron chi connectivity index (χ3n) is 9.51. The zero-order valence-electron chi connectivity index (χ0n) is 31.5. The van der Waals surface area contributed by atoms with Crippen LogP contribution in [-0.2, 0) is 56.7 Å². The number of carboxylic acid groups (broad SMARTS) is 1. The lowest BCUT2D eigenvalue weighted by molar-refractivity contribution is -0.310. The van der Waals surface area contributed by atoms with Gasteiger partial charge in [0.05, 0.1) is 38.6 Å². The minimum Gasteiger partial charge on any atom is -0.485 e. The number of carbonyl (C=O) groups is 1. The summed E-state index contributed by atoms with van der Waals surface area (Å²) in [6.07, 6.45) is -3.94. The lowest BCUT2D eigenvalue weighted by Crippen LogP contribution is -2.62. The van der Waals surface area contributed by atoms with Gasteiger partial charge in [-0.15, -0.1) is 0 Å². The smallest absolute Gasteiger partial charge is 0.335 e. The van der Waals surface area contributed by atoms with Gasteiger partial charge in [-0.05, 0) is 46.0 Å². The van der Waals surface area contributed by atoms with E-state index in [1.807, 2.05) is 152 Å². The molecule has 9 heteroatoms. The van der Waals surface area contributed by atoms with Gasteiger partial charge in [-0.2, -0.15) is 0 Å². The van der Waals surface area contributed by atoms with Crippen LogP contribution in [0.3, 0.4) is 0 Å². The summed E-state index contributed by atoms with van der Waals surface area (Å²) in [5, 5.41) is 9.89. The molecule has 1 saturated heterocycles. The molecule has 292 valence electrons. The van der Waals surface area contributed by atoms with Crippen molar-refractivity contribution < 1.29 is 43.1 Å². The molecule has 1 aliphatic heterocycles. The quantitative estimate of drug-likeness (QED) is 0.0810. The molecule has 0 aliphatic carbocycles. The highest BCUT2D eigenvalue weighted by Gasteiger charge is 2.50. The third kappa shape index (κ3) is 11.4. The molecule has 9 nitrogen and oxygen atoms in total. The standard InChI is InChI=1S/C48H46O9/c49-47(50)40-26-27-41(42(28-40)52-30-36-18-8-2-9-19-36)56-48-46(55-33-39-24-14-5-15-25-39)45(54-32-38-22-12-4-13-23-38)44(53-31-37-20-10-3-11-21-37)43(57-48)34-51-29-35-16-6-1-7-17-35/h1-28,43-46,48H,29-34H2,(H,49,50)/t43-,44-,45+,46-,48-/m1/s1/i47+1. The van der Waals surface area contributed by atoms with Gasteiger partial charge in [-0.1, -0.05) is 152 Å². The Morgan fingerprint density at radius 2 is 0.930 bits per heavy atom. The predicted molar refractivity (Wildman–Crippen MR) is 215 cm³/mol. The summed E-state index contributed by atoms with van der Waals surface area (Å²) >= 11 is 0. The van der Waals surface area contributed by atoms with Crippen molar-refractivity contribution >= 4 is 5.97 Å². The maximum Gasteiger partial charge on any atom is 0.335 e. The molecule has 1 N–H and O–H groups in total. The number of benzene rings is 6. The summed E-state index contributed by atoms with van der Waals surface area (Å²) in [7, 11) is 0. The first-order chi connectivity index (χ1) is 28.1. The Kier molecular flexibility index (Phi) is 14.1. The molecule has 7 rings (SSSR count). The highest BCUT2D eigenvalue weighted by molar-refractivity contribution is 5.88. The molecule has 1 aliphatic rings. The van der Waals surface area contributed by atoms with Gasteiger partial charge in [0, 0.05) is 0 Å². The Morgan fingerprint density at radius 3 is 1.42 bits per heavy atom. The van der Waals surface area contributed by atoms with E-state index in [0.29, 0.717) is 13.2 Å². The Labute approximate surface area is 333 Å². The van der Waals surface area contributed by atoms with Crippen LogP contribution in [0.1, 0.15) is 38.2 Å². The van der Waals surface area contributed by atoms with Gasteiger partial charge < -0.3 is 38.3 Å². The first-order valence-corrected chi connectivity index (χ1v) is 19.0. The summed E-state index contributed by atoms with van der Waals surface area (Å²) < 4.78 is 46.5. The van der Waals surface area contributed by atoms with Gasteiger partial charge in [-0.3, -0.25) is 0 Å². The van der Waals surface area contributed by atoms with Crippen LogP contribution in [0.2, 0.25) is 0 Å². The molecule has 57 heavy (non-hydrogen) atoms. The molecule has 0 amide bonds. The van der Waals surface area contributed by atoms with E-state index in [4.69, 9.17) is 33.2 Å². The molecule has 0 bridgehead atoms. The Hall–Kier alpha value is -5.81. The maximum atomic E-state index is 12.1. The van der Waals surface area contributed by atoms with E-state index in [1.165, 1.54) is 12.1 Å². The average molecular weight is 768 g/mol. The van der Waals surface area contributed by atoms with Gasteiger partial charge in [-0.25, -0.2) is 4.79 Å². The number of aromatic carboxylic acids is 1. The molecular weight excluding hydrogens is 722 g/mol. The Bertz CT molecular complexity index is 2080. The molecule has 0 radical (unpaired) electrons. The van der Waals surface area contributed by atoms with Crippen molar-refractivity contribution in [1.29, 1.82) is 0 Å². The largest absolute Gasteiger partial charge is 0.485 e. The molecule has 6 aromatic rings. The van der Waals surface area contributed by atoms with E-state index in [2.05, 4.69) is 0 Å². The summed E-state index contributed by atoms with van der Waals surface area (Å²) in [5.41, 5.74) is 4.89. The van der Waals surface area contributed by atoms with Crippen molar-refractivity contribution in [1.82, 2.24) is 0 Å². The molecule has 0 unspecified atom stereocenters. The SMILES string of the molecule is O=[13C](O)c1ccc(O[C@@H]2O[C@H](COCc3ccccc3)[C@@H](OCc3ccccc3)[C@H](OCc3ccccc3)[C@H]2OCc2ccccc2)c(OCc2ccccc2)c1. The van der Waals surface area contributed by atoms with Gasteiger partial charge >= 0.3 is 5.97 Å². The van der Waals surface area contributed by atoms with Crippen molar-refractivity contribution in [3.63, 3.8) is 0 Å². The van der Waals surface area contributed by atoms with Crippen molar-refractivity contribution in [2.24, 2.45) is 0 Å². The summed E-state index contributed by atoms with van der Waals surface area (Å²) in [6, 6.07) is 53.8. The molecule has 5 atom stereocenters. The minimum atomic E-state index is -1.09. The van der Waals surface area contributed by atoms with Crippen LogP contribution in [0.15, 0.2) is 170 Å². The fourth-order valence-electron chi connectivity index (χ4n) is 6.55. The van der Waals surface area contributed by atoms with Crippen LogP contribution < -0.4 is 9.47 Å². The maximum absolute atomic E-state index is 12.1. The van der Waals surface area contributed by atoms with E-state index in [1.54, 1.807) is 6.07 Å². The molecule has 0 spiro atoms. The highest BCUT2D eigenvalue weighted by Crippen LogP contribution is 2.36. The van der Waals surface area contributed by atoms with E-state index in [0.717, 1.165) is 27.8 Å². The van der Waals surface area contributed by atoms with Crippen LogP contribution in [-0.4, -0.2) is 48.4 Å². The van der Waals surface area contributed by atoms with E-state index in [9.17, 15) is 9.90 Å². The van der Waals surface area contributed by atoms with Crippen LogP contribution in [0.25, 0.3) is 0 Å². The second-order valence-electron chi connectivity index (χ2n) is 13.7. The first kappa shape index (κ1) is 39.4. The summed E-state index contributed by atoms with van der Waals surface area (Å²) in [6.45, 7) is 1.49. The molecule has 1 fully saturated rings. The fourth-order valence-corrected chi connectivity index (χ4v) is 6.55. The second-order valence-corrected chi connectivity index (χ2v) is 13.7. The molecular formula is C48H46O9. The normalized spacial score (nSPS) is 19.1. The number of rotatable bonds is 19.